The summed E-state index contributed by atoms with van der Waals surface area (Å²) < 4.78 is 0. The Morgan fingerprint density at radius 3 is 2.06 bits per heavy atom. The maximum atomic E-state index is 3.62. The number of rotatable bonds is 4. The van der Waals surface area contributed by atoms with E-state index >= 15 is 0 Å². The van der Waals surface area contributed by atoms with Gasteiger partial charge in [-0.05, 0) is 33.1 Å². The van der Waals surface area contributed by atoms with Crippen molar-refractivity contribution in [2.45, 2.75) is 79.3 Å². The van der Waals surface area contributed by atoms with E-state index in [0.717, 1.165) is 12.8 Å². The van der Waals surface area contributed by atoms with Gasteiger partial charge in [-0.1, -0.05) is 77.9 Å². The molecule has 0 nitrogen and oxygen atoms in total. The van der Waals surface area contributed by atoms with Crippen molar-refractivity contribution in [1.29, 1.82) is 0 Å². The van der Waals surface area contributed by atoms with Crippen LogP contribution in [-0.2, 0) is 6.42 Å². The van der Waals surface area contributed by atoms with Crippen LogP contribution in [0, 0.1) is 6.08 Å². The molecule has 0 unspecified atom stereocenters. The van der Waals surface area contributed by atoms with E-state index < -0.39 is 8.41 Å². The Balaban J connectivity index is 0.000000224. The molecule has 1 aliphatic rings. The molecule has 0 heterocycles. The average Bonchev–Trinajstić information content (AvgIpc) is 3.34. The third-order valence-electron chi connectivity index (χ3n) is 6.28. The van der Waals surface area contributed by atoms with Crippen molar-refractivity contribution in [1.82, 2.24) is 0 Å². The molecule has 0 fully saturated rings. The Kier molecular flexibility index (Phi) is 9.81. The van der Waals surface area contributed by atoms with Crippen LogP contribution in [0.2, 0.25) is 13.1 Å². The van der Waals surface area contributed by atoms with Gasteiger partial charge in [-0.25, -0.2) is 0 Å². The zero-order valence-corrected chi connectivity index (χ0v) is 23.8. The second kappa shape index (κ2) is 11.7. The van der Waals surface area contributed by atoms with Gasteiger partial charge in [-0.15, -0.1) is 69.0 Å². The van der Waals surface area contributed by atoms with Gasteiger partial charge in [0.25, 0.3) is 0 Å². The first-order chi connectivity index (χ1) is 14.8. The summed E-state index contributed by atoms with van der Waals surface area (Å²) in [6.07, 6.45) is 5.86. The summed E-state index contributed by atoms with van der Waals surface area (Å²) >= 11 is 0. The summed E-state index contributed by atoms with van der Waals surface area (Å²) in [6, 6.07) is 17.9. The molecule has 0 spiro atoms. The molecule has 3 aromatic rings. The van der Waals surface area contributed by atoms with Crippen LogP contribution in [0.3, 0.4) is 0 Å². The van der Waals surface area contributed by atoms with Crippen molar-refractivity contribution in [3.8, 4) is 0 Å². The quantitative estimate of drug-likeness (QED) is 0.278. The standard InChI is InChI=1S/C16H21Si.C14H17.Mg/c1-6-12-10-13-8-7-9-14(11(2)3)15(13)16(12)17(4)5;1-4-11-8-12-6-5-7-13(10(2)3)14(12)9-11;/h7-9,11H,6H2,1-5H3;5-10H,4H2,1-3H3;/q2*-1;+2. The molecule has 0 radical (unpaired) electrons. The van der Waals surface area contributed by atoms with Crippen LogP contribution in [0.5, 0.6) is 0 Å². The summed E-state index contributed by atoms with van der Waals surface area (Å²) in [5.41, 5.74) is 8.72. The molecule has 2 heteroatoms. The SMILES string of the molecule is CCC1=[C-]c2cccc(C(C)C)c2C1=[Si](C)C.CCc1cc2c(C(C)C)cccc2[cH-]1.[Mg+2]. The Bertz CT molecular complexity index is 1120. The van der Waals surface area contributed by atoms with Gasteiger partial charge < -0.3 is 0 Å². The molecule has 32 heavy (non-hydrogen) atoms. The molecule has 0 aliphatic heterocycles. The molecule has 3 aromatic carbocycles. The van der Waals surface area contributed by atoms with Crippen LogP contribution in [0.4, 0.5) is 0 Å². The number of fused-ring (bicyclic) bond motifs is 2. The minimum atomic E-state index is -0.422. The van der Waals surface area contributed by atoms with Gasteiger partial charge in [0.2, 0.25) is 0 Å². The van der Waals surface area contributed by atoms with Crippen LogP contribution < -0.4 is 0 Å². The van der Waals surface area contributed by atoms with Crippen LogP contribution in [-0.4, -0.2) is 36.6 Å². The fourth-order valence-electron chi connectivity index (χ4n) is 4.66. The Morgan fingerprint density at radius 2 is 1.50 bits per heavy atom. The molecule has 0 bridgehead atoms. The normalized spacial score (nSPS) is 12.4. The summed E-state index contributed by atoms with van der Waals surface area (Å²) in [7, 11) is -0.422. The van der Waals surface area contributed by atoms with Crippen molar-refractivity contribution in [2.24, 2.45) is 0 Å². The smallest absolute Gasteiger partial charge is 0.165 e. The van der Waals surface area contributed by atoms with E-state index in [9.17, 15) is 0 Å². The Hall–Kier alpha value is -1.36. The van der Waals surface area contributed by atoms with Gasteiger partial charge in [0, 0.05) is 0 Å². The maximum Gasteiger partial charge on any atom is 2.00 e. The molecule has 4 rings (SSSR count). The number of allylic oxidation sites excluding steroid dienone is 1. The van der Waals surface area contributed by atoms with Crippen molar-refractivity contribution in [3.05, 3.63) is 88.0 Å². The third kappa shape index (κ3) is 5.58. The van der Waals surface area contributed by atoms with Crippen LogP contribution in [0.25, 0.3) is 10.8 Å². The minimum Gasteiger partial charge on any atom is -0.165 e. The Morgan fingerprint density at radius 1 is 0.875 bits per heavy atom. The maximum absolute atomic E-state index is 3.62. The van der Waals surface area contributed by atoms with Crippen molar-refractivity contribution < 1.29 is 0 Å². The van der Waals surface area contributed by atoms with Gasteiger partial charge in [0.15, 0.2) is 0 Å². The molecule has 0 aromatic heterocycles. The van der Waals surface area contributed by atoms with Gasteiger partial charge in [-0.3, -0.25) is 0 Å². The molecule has 0 N–H and O–H groups in total. The van der Waals surface area contributed by atoms with Crippen molar-refractivity contribution in [2.75, 3.05) is 0 Å². The van der Waals surface area contributed by atoms with Gasteiger partial charge in [-0.2, -0.15) is 11.6 Å². The summed E-state index contributed by atoms with van der Waals surface area (Å²) in [6.45, 7) is 18.3. The molecule has 0 saturated carbocycles. The van der Waals surface area contributed by atoms with E-state index in [4.69, 9.17) is 0 Å². The number of hydrogen-bond donors (Lipinski definition) is 0. The van der Waals surface area contributed by atoms with Gasteiger partial charge in [0.1, 0.15) is 0 Å². The van der Waals surface area contributed by atoms with Crippen molar-refractivity contribution in [3.63, 3.8) is 0 Å². The number of aryl methyl sites for hydroxylation is 1. The average molecular weight is 451 g/mol. The molecule has 1 aliphatic carbocycles. The van der Waals surface area contributed by atoms with Gasteiger partial charge >= 0.3 is 23.1 Å². The third-order valence-corrected chi connectivity index (χ3v) is 7.84. The predicted octanol–water partition coefficient (Wildman–Crippen LogP) is 8.03. The fourth-order valence-corrected chi connectivity index (χ4v) is 6.28. The minimum absolute atomic E-state index is 0. The molecule has 164 valence electrons. The van der Waals surface area contributed by atoms with Crippen LogP contribution >= 0.6 is 0 Å². The molecule has 0 saturated heterocycles. The first-order valence-electron chi connectivity index (χ1n) is 11.9. The van der Waals surface area contributed by atoms with E-state index in [1.54, 1.807) is 5.17 Å². The fraction of sp³-hybridized carbons (Fsp3) is 0.400. The second-order valence-corrected chi connectivity index (χ2v) is 12.0. The molecular weight excluding hydrogens is 413 g/mol. The van der Waals surface area contributed by atoms with E-state index in [2.05, 4.69) is 109 Å². The molecule has 0 amide bonds. The summed E-state index contributed by atoms with van der Waals surface area (Å²) in [5, 5.41) is 4.46. The summed E-state index contributed by atoms with van der Waals surface area (Å²) in [5.74, 6) is 1.21. The van der Waals surface area contributed by atoms with Crippen LogP contribution in [0.1, 0.15) is 87.6 Å². The van der Waals surface area contributed by atoms with E-state index in [1.165, 1.54) is 44.2 Å². The summed E-state index contributed by atoms with van der Waals surface area (Å²) in [4.78, 5) is 0. The molecular formula is C30H38MgSi. The largest absolute Gasteiger partial charge is 2.00 e. The monoisotopic (exact) mass is 450 g/mol. The van der Waals surface area contributed by atoms with Gasteiger partial charge in [0.05, 0.1) is 0 Å². The predicted molar refractivity (Wildman–Crippen MR) is 147 cm³/mol. The second-order valence-electron chi connectivity index (χ2n) is 9.48. The first kappa shape index (κ1) is 26.9. The zero-order valence-electron chi connectivity index (χ0n) is 21.4. The topological polar surface area (TPSA) is 0 Å². The van der Waals surface area contributed by atoms with E-state index in [-0.39, 0.29) is 23.1 Å². The number of benzene rings is 2. The first-order valence-corrected chi connectivity index (χ1v) is 14.4. The number of hydrogen-bond acceptors (Lipinski definition) is 0. The van der Waals surface area contributed by atoms with E-state index in [0.29, 0.717) is 11.8 Å². The Labute approximate surface area is 213 Å². The van der Waals surface area contributed by atoms with E-state index in [1.807, 2.05) is 0 Å². The van der Waals surface area contributed by atoms with Crippen molar-refractivity contribution >= 4 is 47.4 Å². The zero-order chi connectivity index (χ0) is 22.7. The van der Waals surface area contributed by atoms with Crippen LogP contribution in [0.15, 0.2) is 54.1 Å². The molecule has 0 atom stereocenters.